The largest absolute Gasteiger partial charge is 0.497 e. The SMILES string of the molecule is COc1ccc(OCc2ccnc3c2C=NC3)c(C=O)c1. The summed E-state index contributed by atoms with van der Waals surface area (Å²) in [5.41, 5.74) is 3.45. The molecule has 0 saturated carbocycles. The van der Waals surface area contributed by atoms with Gasteiger partial charge in [0.1, 0.15) is 18.1 Å². The molecule has 0 unspecified atom stereocenters. The number of rotatable bonds is 5. The second-order valence-corrected chi connectivity index (χ2v) is 4.61. The van der Waals surface area contributed by atoms with Crippen molar-refractivity contribution in [3.05, 3.63) is 52.8 Å². The zero-order chi connectivity index (χ0) is 14.7. The fourth-order valence-corrected chi connectivity index (χ4v) is 2.23. The smallest absolute Gasteiger partial charge is 0.153 e. The van der Waals surface area contributed by atoms with Gasteiger partial charge in [0.15, 0.2) is 6.29 Å². The standard InChI is InChI=1S/C16H14N2O3/c1-20-13-2-3-16(12(6-13)9-19)21-10-11-4-5-18-15-8-17-7-14(11)15/h2-7,9H,8,10H2,1H3. The average molecular weight is 282 g/mol. The third-order valence-corrected chi connectivity index (χ3v) is 3.35. The Labute approximate surface area is 122 Å². The highest BCUT2D eigenvalue weighted by atomic mass is 16.5. The molecular weight excluding hydrogens is 268 g/mol. The van der Waals surface area contributed by atoms with Gasteiger partial charge in [0.2, 0.25) is 0 Å². The Balaban J connectivity index is 1.81. The minimum atomic E-state index is 0.365. The highest BCUT2D eigenvalue weighted by Crippen LogP contribution is 2.24. The lowest BCUT2D eigenvalue weighted by Crippen LogP contribution is -2.03. The molecule has 0 radical (unpaired) electrons. The van der Waals surface area contributed by atoms with Gasteiger partial charge >= 0.3 is 0 Å². The number of methoxy groups -OCH3 is 1. The van der Waals surface area contributed by atoms with Crippen LogP contribution < -0.4 is 9.47 Å². The van der Waals surface area contributed by atoms with Gasteiger partial charge in [-0.1, -0.05) is 0 Å². The number of ether oxygens (including phenoxy) is 2. The molecule has 0 saturated heterocycles. The van der Waals surface area contributed by atoms with Crippen LogP contribution in [0.4, 0.5) is 0 Å². The highest BCUT2D eigenvalue weighted by molar-refractivity contribution is 5.85. The van der Waals surface area contributed by atoms with Crippen molar-refractivity contribution < 1.29 is 14.3 Å². The maximum Gasteiger partial charge on any atom is 0.153 e. The minimum absolute atomic E-state index is 0.365. The lowest BCUT2D eigenvalue weighted by molar-refractivity contribution is 0.111. The van der Waals surface area contributed by atoms with Crippen LogP contribution in [-0.2, 0) is 13.2 Å². The van der Waals surface area contributed by atoms with Gasteiger partial charge in [-0.2, -0.15) is 0 Å². The van der Waals surface area contributed by atoms with Crippen molar-refractivity contribution in [3.63, 3.8) is 0 Å². The van der Waals surface area contributed by atoms with Gasteiger partial charge in [-0.25, -0.2) is 0 Å². The summed E-state index contributed by atoms with van der Waals surface area (Å²) in [4.78, 5) is 19.6. The normalized spacial score (nSPS) is 12.0. The van der Waals surface area contributed by atoms with Crippen LogP contribution in [0.5, 0.6) is 11.5 Å². The van der Waals surface area contributed by atoms with Gasteiger partial charge in [0.05, 0.1) is 24.9 Å². The number of pyridine rings is 1. The van der Waals surface area contributed by atoms with E-state index in [0.717, 1.165) is 23.1 Å². The van der Waals surface area contributed by atoms with Crippen molar-refractivity contribution in [2.75, 3.05) is 7.11 Å². The van der Waals surface area contributed by atoms with Crippen molar-refractivity contribution in [2.45, 2.75) is 13.2 Å². The van der Waals surface area contributed by atoms with E-state index in [1.165, 1.54) is 0 Å². The predicted molar refractivity (Wildman–Crippen MR) is 78.2 cm³/mol. The van der Waals surface area contributed by atoms with E-state index in [2.05, 4.69) is 9.98 Å². The van der Waals surface area contributed by atoms with Crippen LogP contribution in [0.1, 0.15) is 27.2 Å². The molecule has 2 aromatic rings. The molecule has 0 atom stereocenters. The number of hydrogen-bond acceptors (Lipinski definition) is 5. The van der Waals surface area contributed by atoms with Crippen LogP contribution >= 0.6 is 0 Å². The topological polar surface area (TPSA) is 60.8 Å². The third-order valence-electron chi connectivity index (χ3n) is 3.35. The van der Waals surface area contributed by atoms with Gasteiger partial charge in [0, 0.05) is 23.5 Å². The van der Waals surface area contributed by atoms with Crippen LogP contribution in [0.3, 0.4) is 0 Å². The predicted octanol–water partition coefficient (Wildman–Crippen LogP) is 2.41. The molecule has 2 heterocycles. The molecule has 1 aliphatic heterocycles. The lowest BCUT2D eigenvalue weighted by atomic mass is 10.1. The fourth-order valence-electron chi connectivity index (χ4n) is 2.23. The number of aromatic nitrogens is 1. The Kier molecular flexibility index (Phi) is 3.64. The second-order valence-electron chi connectivity index (χ2n) is 4.61. The summed E-state index contributed by atoms with van der Waals surface area (Å²) >= 11 is 0. The summed E-state index contributed by atoms with van der Waals surface area (Å²) in [7, 11) is 1.56. The minimum Gasteiger partial charge on any atom is -0.497 e. The van der Waals surface area contributed by atoms with Crippen LogP contribution in [0, 0.1) is 0 Å². The Morgan fingerprint density at radius 3 is 3.05 bits per heavy atom. The van der Waals surface area contributed by atoms with Crippen LogP contribution in [0.2, 0.25) is 0 Å². The first-order valence-electron chi connectivity index (χ1n) is 6.54. The number of fused-ring (bicyclic) bond motifs is 1. The summed E-state index contributed by atoms with van der Waals surface area (Å²) in [6.07, 6.45) is 4.33. The molecule has 3 rings (SSSR count). The summed E-state index contributed by atoms with van der Waals surface area (Å²) < 4.78 is 10.9. The van der Waals surface area contributed by atoms with E-state index < -0.39 is 0 Å². The van der Waals surface area contributed by atoms with E-state index in [0.29, 0.717) is 30.2 Å². The van der Waals surface area contributed by atoms with Crippen LogP contribution in [0.15, 0.2) is 35.5 Å². The number of carbonyl (C=O) groups excluding carboxylic acids is 1. The first-order valence-corrected chi connectivity index (χ1v) is 6.54. The van der Waals surface area contributed by atoms with E-state index in [1.807, 2.05) is 12.3 Å². The summed E-state index contributed by atoms with van der Waals surface area (Å²) in [5.74, 6) is 1.16. The van der Waals surface area contributed by atoms with Crippen molar-refractivity contribution in [1.29, 1.82) is 0 Å². The summed E-state index contributed by atoms with van der Waals surface area (Å²) in [6.45, 7) is 0.981. The quantitative estimate of drug-likeness (QED) is 0.790. The Morgan fingerprint density at radius 1 is 1.33 bits per heavy atom. The molecule has 0 amide bonds. The molecular formula is C16H14N2O3. The molecule has 5 heteroatoms. The monoisotopic (exact) mass is 282 g/mol. The zero-order valence-electron chi connectivity index (χ0n) is 11.6. The first kappa shape index (κ1) is 13.3. The molecule has 5 nitrogen and oxygen atoms in total. The van der Waals surface area contributed by atoms with E-state index in [4.69, 9.17) is 9.47 Å². The van der Waals surface area contributed by atoms with Crippen molar-refractivity contribution in [1.82, 2.24) is 4.98 Å². The number of carbonyl (C=O) groups is 1. The molecule has 0 spiro atoms. The van der Waals surface area contributed by atoms with Crippen molar-refractivity contribution >= 4 is 12.5 Å². The maximum absolute atomic E-state index is 11.1. The fraction of sp³-hybridized carbons (Fsp3) is 0.188. The van der Waals surface area contributed by atoms with Crippen molar-refractivity contribution in [3.8, 4) is 11.5 Å². The van der Waals surface area contributed by atoms with Crippen molar-refractivity contribution in [2.24, 2.45) is 4.99 Å². The molecule has 1 aliphatic rings. The molecule has 106 valence electrons. The number of aldehydes is 1. The Bertz CT molecular complexity index is 711. The first-order chi connectivity index (χ1) is 10.3. The zero-order valence-corrected chi connectivity index (χ0v) is 11.6. The maximum atomic E-state index is 11.1. The number of aliphatic imine (C=N–C) groups is 1. The Morgan fingerprint density at radius 2 is 2.24 bits per heavy atom. The van der Waals surface area contributed by atoms with Gasteiger partial charge < -0.3 is 9.47 Å². The molecule has 0 bridgehead atoms. The molecule has 0 aliphatic carbocycles. The second kappa shape index (κ2) is 5.75. The molecule has 1 aromatic carbocycles. The van der Waals surface area contributed by atoms with Crippen LogP contribution in [-0.4, -0.2) is 24.6 Å². The van der Waals surface area contributed by atoms with Gasteiger partial charge in [-0.15, -0.1) is 0 Å². The van der Waals surface area contributed by atoms with Crippen LogP contribution in [0.25, 0.3) is 0 Å². The summed E-state index contributed by atoms with van der Waals surface area (Å²) in [6, 6.07) is 7.06. The van der Waals surface area contributed by atoms with Gasteiger partial charge in [-0.3, -0.25) is 14.8 Å². The Hall–Kier alpha value is -2.69. The number of benzene rings is 1. The molecule has 1 aromatic heterocycles. The molecule has 0 fully saturated rings. The highest BCUT2D eigenvalue weighted by Gasteiger charge is 2.13. The van der Waals surface area contributed by atoms with E-state index >= 15 is 0 Å². The van der Waals surface area contributed by atoms with E-state index in [-0.39, 0.29) is 0 Å². The van der Waals surface area contributed by atoms with E-state index in [1.54, 1.807) is 31.5 Å². The van der Waals surface area contributed by atoms with Gasteiger partial charge in [-0.05, 0) is 24.3 Å². The van der Waals surface area contributed by atoms with E-state index in [9.17, 15) is 4.79 Å². The third kappa shape index (κ3) is 2.63. The number of hydrogen-bond donors (Lipinski definition) is 0. The molecule has 0 N–H and O–H groups in total. The summed E-state index contributed by atoms with van der Waals surface area (Å²) in [5, 5.41) is 0. The lowest BCUT2D eigenvalue weighted by Gasteiger charge is -2.11. The van der Waals surface area contributed by atoms with Gasteiger partial charge in [0.25, 0.3) is 0 Å². The molecule has 21 heavy (non-hydrogen) atoms. The number of nitrogens with zero attached hydrogens (tertiary/aromatic N) is 2. The average Bonchev–Trinajstić information content (AvgIpc) is 3.01.